The van der Waals surface area contributed by atoms with Gasteiger partial charge in [0.15, 0.2) is 0 Å². The Morgan fingerprint density at radius 3 is 2.05 bits per heavy atom. The maximum absolute atomic E-state index is 12.3. The maximum atomic E-state index is 12.3. The van der Waals surface area contributed by atoms with Gasteiger partial charge in [-0.05, 0) is 59.0 Å². The minimum atomic E-state index is -3.76. The maximum Gasteiger partial charge on any atom is 0.262 e. The van der Waals surface area contributed by atoms with Crippen LogP contribution in [0.1, 0.15) is 0 Å². The first-order valence-corrected chi connectivity index (χ1v) is 8.91. The molecule has 8 heteroatoms. The first-order valence-electron chi connectivity index (χ1n) is 5.22. The van der Waals surface area contributed by atoms with Crippen LogP contribution in [-0.2, 0) is 10.0 Å². The van der Waals surface area contributed by atoms with Crippen molar-refractivity contribution in [1.82, 2.24) is 0 Å². The van der Waals surface area contributed by atoms with Crippen molar-refractivity contribution >= 4 is 73.1 Å². The number of nitrogens with one attached hydrogen (secondary N) is 1. The monoisotopic (exact) mass is 461 g/mol. The van der Waals surface area contributed by atoms with E-state index in [9.17, 15) is 8.42 Å². The molecule has 0 saturated carbocycles. The van der Waals surface area contributed by atoms with Crippen LogP contribution < -0.4 is 4.72 Å². The zero-order valence-electron chi connectivity index (χ0n) is 9.70. The Morgan fingerprint density at radius 1 is 0.900 bits per heavy atom. The highest BCUT2D eigenvalue weighted by atomic mass is 127. The van der Waals surface area contributed by atoms with E-state index in [1.54, 1.807) is 18.2 Å². The molecular weight excluding hydrogens is 455 g/mol. The van der Waals surface area contributed by atoms with Crippen LogP contribution in [-0.4, -0.2) is 8.42 Å². The molecule has 3 nitrogen and oxygen atoms in total. The van der Waals surface area contributed by atoms with Gasteiger partial charge in [-0.3, -0.25) is 4.72 Å². The molecule has 2 rings (SSSR count). The van der Waals surface area contributed by atoms with Crippen LogP contribution in [0.25, 0.3) is 0 Å². The van der Waals surface area contributed by atoms with Crippen molar-refractivity contribution in [2.24, 2.45) is 0 Å². The molecule has 0 amide bonds. The summed E-state index contributed by atoms with van der Waals surface area (Å²) in [6, 6.07) is 8.98. The minimum absolute atomic E-state index is 0.000694. The van der Waals surface area contributed by atoms with Crippen LogP contribution in [0.4, 0.5) is 5.69 Å². The van der Waals surface area contributed by atoms with E-state index in [0.717, 1.165) is 0 Å². The smallest absolute Gasteiger partial charge is 0.262 e. The van der Waals surface area contributed by atoms with Gasteiger partial charge in [-0.25, -0.2) is 8.42 Å². The van der Waals surface area contributed by atoms with Gasteiger partial charge in [-0.15, -0.1) is 0 Å². The van der Waals surface area contributed by atoms with Crippen LogP contribution in [0.5, 0.6) is 0 Å². The van der Waals surface area contributed by atoms with Gasteiger partial charge in [0.25, 0.3) is 10.0 Å². The molecule has 0 radical (unpaired) electrons. The quantitative estimate of drug-likeness (QED) is 0.649. The van der Waals surface area contributed by atoms with Crippen LogP contribution in [0.2, 0.25) is 15.1 Å². The SMILES string of the molecule is O=S(=O)(Nc1ccc(Cl)cc1I)c1cc(Cl)cc(Cl)c1. The number of hydrogen-bond donors (Lipinski definition) is 1. The molecule has 0 saturated heterocycles. The number of rotatable bonds is 3. The van der Waals surface area contributed by atoms with Crippen molar-refractivity contribution in [2.75, 3.05) is 4.72 Å². The average Bonchev–Trinajstić information content (AvgIpc) is 2.31. The molecule has 2 aromatic carbocycles. The number of sulfonamides is 1. The molecule has 0 unspecified atom stereocenters. The van der Waals surface area contributed by atoms with Gasteiger partial charge in [0.05, 0.1) is 10.6 Å². The van der Waals surface area contributed by atoms with E-state index in [4.69, 9.17) is 34.8 Å². The van der Waals surface area contributed by atoms with Crippen molar-refractivity contribution in [3.63, 3.8) is 0 Å². The fraction of sp³-hybridized carbons (Fsp3) is 0. The highest BCUT2D eigenvalue weighted by Crippen LogP contribution is 2.27. The predicted octanol–water partition coefficient (Wildman–Crippen LogP) is 5.05. The predicted molar refractivity (Wildman–Crippen MR) is 91.4 cm³/mol. The third-order valence-electron chi connectivity index (χ3n) is 2.32. The lowest BCUT2D eigenvalue weighted by molar-refractivity contribution is 0.601. The second-order valence-electron chi connectivity index (χ2n) is 3.83. The number of anilines is 1. The Morgan fingerprint density at radius 2 is 1.50 bits per heavy atom. The van der Waals surface area contributed by atoms with Gasteiger partial charge in [0.1, 0.15) is 0 Å². The molecular formula is C12H7Cl3INO2S. The van der Waals surface area contributed by atoms with Gasteiger partial charge < -0.3 is 0 Å². The molecule has 2 aromatic rings. The molecule has 20 heavy (non-hydrogen) atoms. The number of hydrogen-bond acceptors (Lipinski definition) is 2. The van der Waals surface area contributed by atoms with Gasteiger partial charge in [0.2, 0.25) is 0 Å². The highest BCUT2D eigenvalue weighted by Gasteiger charge is 2.17. The molecule has 0 bridgehead atoms. The second-order valence-corrected chi connectivity index (χ2v) is 7.99. The lowest BCUT2D eigenvalue weighted by atomic mass is 10.3. The topological polar surface area (TPSA) is 46.2 Å². The van der Waals surface area contributed by atoms with Crippen molar-refractivity contribution in [1.29, 1.82) is 0 Å². The summed E-state index contributed by atoms with van der Waals surface area (Å²) in [7, 11) is -3.76. The summed E-state index contributed by atoms with van der Waals surface area (Å²) in [5.74, 6) is 0. The summed E-state index contributed by atoms with van der Waals surface area (Å²) in [4.78, 5) is 0.000694. The molecule has 0 fully saturated rings. The fourth-order valence-corrected chi connectivity index (χ4v) is 4.45. The molecule has 1 N–H and O–H groups in total. The van der Waals surface area contributed by atoms with E-state index in [-0.39, 0.29) is 14.9 Å². The van der Waals surface area contributed by atoms with Crippen LogP contribution in [0.3, 0.4) is 0 Å². The zero-order chi connectivity index (χ0) is 14.9. The fourth-order valence-electron chi connectivity index (χ4n) is 1.46. The first kappa shape index (κ1) is 16.2. The molecule has 106 valence electrons. The van der Waals surface area contributed by atoms with E-state index in [1.165, 1.54) is 18.2 Å². The molecule has 0 aliphatic rings. The second kappa shape index (κ2) is 6.27. The third kappa shape index (κ3) is 3.92. The third-order valence-corrected chi connectivity index (χ3v) is 5.23. The first-order chi connectivity index (χ1) is 9.28. The Labute approximate surface area is 145 Å². The zero-order valence-corrected chi connectivity index (χ0v) is 14.9. The molecule has 0 spiro atoms. The Hall–Kier alpha value is -0.210. The van der Waals surface area contributed by atoms with Crippen LogP contribution >= 0.6 is 57.4 Å². The van der Waals surface area contributed by atoms with Crippen LogP contribution in [0.15, 0.2) is 41.3 Å². The number of halogens is 4. The molecule has 0 heterocycles. The average molecular weight is 463 g/mol. The van der Waals surface area contributed by atoms with E-state index in [2.05, 4.69) is 4.72 Å². The largest absolute Gasteiger partial charge is 0.279 e. The summed E-state index contributed by atoms with van der Waals surface area (Å²) >= 11 is 19.5. The Kier molecular flexibility index (Phi) is 5.07. The van der Waals surface area contributed by atoms with E-state index in [0.29, 0.717) is 14.3 Å². The normalized spacial score (nSPS) is 11.4. The van der Waals surface area contributed by atoms with E-state index >= 15 is 0 Å². The van der Waals surface area contributed by atoms with Gasteiger partial charge in [-0.2, -0.15) is 0 Å². The summed E-state index contributed by atoms with van der Waals surface area (Å²) in [5.41, 5.74) is 0.436. The standard InChI is InChI=1S/C12H7Cl3INO2S/c13-7-1-2-12(11(16)6-7)17-20(18,19)10-4-8(14)3-9(15)5-10/h1-6,17H. The molecule has 0 aliphatic carbocycles. The molecule has 0 atom stereocenters. The van der Waals surface area contributed by atoms with Crippen molar-refractivity contribution in [3.8, 4) is 0 Å². The van der Waals surface area contributed by atoms with Gasteiger partial charge >= 0.3 is 0 Å². The lowest BCUT2D eigenvalue weighted by Gasteiger charge is -2.10. The summed E-state index contributed by atoms with van der Waals surface area (Å²) in [6.07, 6.45) is 0. The van der Waals surface area contributed by atoms with Crippen molar-refractivity contribution < 1.29 is 8.42 Å². The number of benzene rings is 2. The summed E-state index contributed by atoms with van der Waals surface area (Å²) < 4.78 is 27.7. The van der Waals surface area contributed by atoms with E-state index in [1.807, 2.05) is 22.6 Å². The molecule has 0 aliphatic heterocycles. The van der Waals surface area contributed by atoms with Gasteiger partial charge in [-0.1, -0.05) is 34.8 Å². The lowest BCUT2D eigenvalue weighted by Crippen LogP contribution is -2.13. The van der Waals surface area contributed by atoms with Gasteiger partial charge in [0, 0.05) is 18.6 Å². The Balaban J connectivity index is 2.40. The van der Waals surface area contributed by atoms with E-state index < -0.39 is 10.0 Å². The van der Waals surface area contributed by atoms with Crippen LogP contribution in [0, 0.1) is 3.57 Å². The van der Waals surface area contributed by atoms with Crippen molar-refractivity contribution in [2.45, 2.75) is 4.90 Å². The molecule has 0 aromatic heterocycles. The van der Waals surface area contributed by atoms with Crippen molar-refractivity contribution in [3.05, 3.63) is 55.0 Å². The highest BCUT2D eigenvalue weighted by molar-refractivity contribution is 14.1. The summed E-state index contributed by atoms with van der Waals surface area (Å²) in [5, 5.41) is 1.04. The minimum Gasteiger partial charge on any atom is -0.279 e. The Bertz CT molecular complexity index is 745. The summed E-state index contributed by atoms with van der Waals surface area (Å²) in [6.45, 7) is 0.